The van der Waals surface area contributed by atoms with Crippen molar-refractivity contribution >= 4 is 29.3 Å². The van der Waals surface area contributed by atoms with Crippen LogP contribution in [0.5, 0.6) is 0 Å². The molecule has 116 valence electrons. The third-order valence-corrected chi connectivity index (χ3v) is 3.93. The number of nitrogens with one attached hydrogen (secondary N) is 1. The van der Waals surface area contributed by atoms with E-state index in [1.54, 1.807) is 7.11 Å². The molecule has 1 heterocycles. The largest absolute Gasteiger partial charge is 0.383 e. The van der Waals surface area contributed by atoms with Crippen molar-refractivity contribution in [1.82, 2.24) is 15.5 Å². The second-order valence-corrected chi connectivity index (χ2v) is 5.83. The number of benzene rings is 1. The molecule has 2 aromatic rings. The molecule has 0 fully saturated rings. The molecule has 7 heteroatoms. The molecule has 22 heavy (non-hydrogen) atoms. The van der Waals surface area contributed by atoms with Gasteiger partial charge in [-0.3, -0.25) is 4.79 Å². The molecule has 2 rings (SSSR count). The SMILES string of the molecule is COCCNC(=O)CSc1ccc(-c2ccc(Cl)cc2)nn1. The number of carbonyl (C=O) groups is 1. The van der Waals surface area contributed by atoms with Crippen LogP contribution in [-0.4, -0.2) is 42.1 Å². The summed E-state index contributed by atoms with van der Waals surface area (Å²) < 4.78 is 4.87. The van der Waals surface area contributed by atoms with Gasteiger partial charge in [-0.05, 0) is 24.3 Å². The molecule has 0 bridgehead atoms. The molecule has 0 aliphatic heterocycles. The first-order valence-corrected chi connectivity index (χ1v) is 8.03. The zero-order chi connectivity index (χ0) is 15.8. The van der Waals surface area contributed by atoms with Crippen LogP contribution in [-0.2, 0) is 9.53 Å². The predicted molar refractivity (Wildman–Crippen MR) is 88.1 cm³/mol. The van der Waals surface area contributed by atoms with Crippen LogP contribution < -0.4 is 5.32 Å². The lowest BCUT2D eigenvalue weighted by molar-refractivity contribution is -0.118. The Balaban J connectivity index is 1.86. The minimum Gasteiger partial charge on any atom is -0.383 e. The highest BCUT2D eigenvalue weighted by atomic mass is 35.5. The fourth-order valence-corrected chi connectivity index (χ4v) is 2.42. The van der Waals surface area contributed by atoms with Crippen LogP contribution in [0.3, 0.4) is 0 Å². The Hall–Kier alpha value is -1.63. The third kappa shape index (κ3) is 5.29. The zero-order valence-electron chi connectivity index (χ0n) is 12.1. The van der Waals surface area contributed by atoms with Crippen molar-refractivity contribution in [2.75, 3.05) is 26.0 Å². The Kier molecular flexibility index (Phi) is 6.64. The molecule has 1 N–H and O–H groups in total. The van der Waals surface area contributed by atoms with E-state index in [2.05, 4.69) is 15.5 Å². The maximum absolute atomic E-state index is 11.6. The van der Waals surface area contributed by atoms with Crippen molar-refractivity contribution in [2.24, 2.45) is 0 Å². The number of rotatable bonds is 7. The highest BCUT2D eigenvalue weighted by Crippen LogP contribution is 2.21. The molecular formula is C15H16ClN3O2S. The number of hydrogen-bond donors (Lipinski definition) is 1. The smallest absolute Gasteiger partial charge is 0.230 e. The molecule has 5 nitrogen and oxygen atoms in total. The van der Waals surface area contributed by atoms with Gasteiger partial charge in [-0.2, -0.15) is 0 Å². The summed E-state index contributed by atoms with van der Waals surface area (Å²) in [6.45, 7) is 1.02. The van der Waals surface area contributed by atoms with Gasteiger partial charge in [-0.25, -0.2) is 0 Å². The van der Waals surface area contributed by atoms with Crippen LogP contribution in [0.4, 0.5) is 0 Å². The lowest BCUT2D eigenvalue weighted by atomic mass is 10.1. The third-order valence-electron chi connectivity index (χ3n) is 2.76. The molecule has 0 saturated heterocycles. The van der Waals surface area contributed by atoms with Crippen molar-refractivity contribution < 1.29 is 9.53 Å². The fourth-order valence-electron chi connectivity index (χ4n) is 1.65. The van der Waals surface area contributed by atoms with Crippen molar-refractivity contribution in [3.63, 3.8) is 0 Å². The average Bonchev–Trinajstić information content (AvgIpc) is 2.54. The quantitative estimate of drug-likeness (QED) is 0.621. The molecule has 0 radical (unpaired) electrons. The molecule has 0 saturated carbocycles. The molecule has 1 amide bonds. The number of thioether (sulfide) groups is 1. The number of ether oxygens (including phenoxy) is 1. The number of carbonyl (C=O) groups excluding carboxylic acids is 1. The predicted octanol–water partition coefficient (Wildman–Crippen LogP) is 2.65. The second kappa shape index (κ2) is 8.73. The number of amides is 1. The van der Waals surface area contributed by atoms with E-state index < -0.39 is 0 Å². The van der Waals surface area contributed by atoms with E-state index in [4.69, 9.17) is 16.3 Å². The second-order valence-electron chi connectivity index (χ2n) is 4.40. The number of methoxy groups -OCH3 is 1. The Morgan fingerprint density at radius 2 is 2.00 bits per heavy atom. The molecule has 0 aliphatic rings. The maximum atomic E-state index is 11.6. The molecule has 0 unspecified atom stereocenters. The minimum atomic E-state index is -0.0503. The molecule has 0 spiro atoms. The number of aromatic nitrogens is 2. The Labute approximate surface area is 138 Å². The topological polar surface area (TPSA) is 64.1 Å². The monoisotopic (exact) mass is 337 g/mol. The zero-order valence-corrected chi connectivity index (χ0v) is 13.7. The average molecular weight is 338 g/mol. The van der Waals surface area contributed by atoms with Gasteiger partial charge in [0.2, 0.25) is 5.91 Å². The summed E-state index contributed by atoms with van der Waals surface area (Å²) in [4.78, 5) is 11.6. The molecule has 1 aromatic heterocycles. The fraction of sp³-hybridized carbons (Fsp3) is 0.267. The number of nitrogens with zero attached hydrogens (tertiary/aromatic N) is 2. The van der Waals surface area contributed by atoms with Gasteiger partial charge < -0.3 is 10.1 Å². The van der Waals surface area contributed by atoms with Crippen molar-refractivity contribution in [3.8, 4) is 11.3 Å². The summed E-state index contributed by atoms with van der Waals surface area (Å²) in [6, 6.07) is 11.1. The van der Waals surface area contributed by atoms with E-state index in [0.717, 1.165) is 11.3 Å². The van der Waals surface area contributed by atoms with Crippen molar-refractivity contribution in [2.45, 2.75) is 5.03 Å². The van der Waals surface area contributed by atoms with Crippen LogP contribution in [0.15, 0.2) is 41.4 Å². The van der Waals surface area contributed by atoms with E-state index in [0.29, 0.717) is 29.0 Å². The van der Waals surface area contributed by atoms with E-state index >= 15 is 0 Å². The summed E-state index contributed by atoms with van der Waals surface area (Å²) in [5.74, 6) is 0.254. The van der Waals surface area contributed by atoms with Crippen LogP contribution in [0.1, 0.15) is 0 Å². The van der Waals surface area contributed by atoms with Gasteiger partial charge >= 0.3 is 0 Å². The number of halogens is 1. The van der Waals surface area contributed by atoms with Gasteiger partial charge in [-0.1, -0.05) is 35.5 Å². The molecular weight excluding hydrogens is 322 g/mol. The van der Waals surface area contributed by atoms with Gasteiger partial charge in [0.15, 0.2) is 0 Å². The van der Waals surface area contributed by atoms with E-state index in [-0.39, 0.29) is 5.91 Å². The van der Waals surface area contributed by atoms with E-state index in [1.165, 1.54) is 11.8 Å². The Morgan fingerprint density at radius 1 is 1.23 bits per heavy atom. The van der Waals surface area contributed by atoms with Gasteiger partial charge in [0.05, 0.1) is 18.1 Å². The number of hydrogen-bond acceptors (Lipinski definition) is 5. The summed E-state index contributed by atoms with van der Waals surface area (Å²) in [5.41, 5.74) is 1.72. The minimum absolute atomic E-state index is 0.0503. The highest BCUT2D eigenvalue weighted by molar-refractivity contribution is 7.99. The molecule has 0 atom stereocenters. The normalized spacial score (nSPS) is 10.5. The van der Waals surface area contributed by atoms with Crippen molar-refractivity contribution in [1.29, 1.82) is 0 Å². The van der Waals surface area contributed by atoms with Gasteiger partial charge in [-0.15, -0.1) is 10.2 Å². The summed E-state index contributed by atoms with van der Waals surface area (Å²) in [5, 5.41) is 12.4. The first-order valence-electron chi connectivity index (χ1n) is 6.67. The van der Waals surface area contributed by atoms with Crippen LogP contribution in [0.25, 0.3) is 11.3 Å². The molecule has 1 aromatic carbocycles. The Morgan fingerprint density at radius 3 is 2.64 bits per heavy atom. The lowest BCUT2D eigenvalue weighted by Crippen LogP contribution is -2.28. The first-order chi connectivity index (χ1) is 10.7. The first kappa shape index (κ1) is 16.7. The van der Waals surface area contributed by atoms with E-state index in [9.17, 15) is 4.79 Å². The maximum Gasteiger partial charge on any atom is 0.230 e. The standard InChI is InChI=1S/C15H16ClN3O2S/c1-21-9-8-17-14(20)10-22-15-7-6-13(18-19-15)11-2-4-12(16)5-3-11/h2-7H,8-10H2,1H3,(H,17,20). The van der Waals surface area contributed by atoms with E-state index in [1.807, 2.05) is 36.4 Å². The van der Waals surface area contributed by atoms with Crippen molar-refractivity contribution in [3.05, 3.63) is 41.4 Å². The lowest BCUT2D eigenvalue weighted by Gasteiger charge is -2.04. The summed E-state index contributed by atoms with van der Waals surface area (Å²) in [6.07, 6.45) is 0. The summed E-state index contributed by atoms with van der Waals surface area (Å²) >= 11 is 7.20. The highest BCUT2D eigenvalue weighted by Gasteiger charge is 2.05. The summed E-state index contributed by atoms with van der Waals surface area (Å²) in [7, 11) is 1.60. The van der Waals surface area contributed by atoms with Crippen LogP contribution in [0.2, 0.25) is 5.02 Å². The van der Waals surface area contributed by atoms with Crippen LogP contribution >= 0.6 is 23.4 Å². The van der Waals surface area contributed by atoms with Gasteiger partial charge in [0.1, 0.15) is 5.03 Å². The van der Waals surface area contributed by atoms with Gasteiger partial charge in [0.25, 0.3) is 0 Å². The molecule has 0 aliphatic carbocycles. The Bertz CT molecular complexity index is 605. The van der Waals surface area contributed by atoms with Gasteiger partial charge in [0, 0.05) is 24.2 Å². The van der Waals surface area contributed by atoms with Crippen LogP contribution in [0, 0.1) is 0 Å².